The maximum Gasteiger partial charge on any atom is 0.433 e. The number of nitrogens with zero attached hydrogens (tertiary/aromatic N) is 2. The Morgan fingerprint density at radius 2 is 1.96 bits per heavy atom. The summed E-state index contributed by atoms with van der Waals surface area (Å²) in [7, 11) is 0. The zero-order chi connectivity index (χ0) is 18.0. The van der Waals surface area contributed by atoms with Crippen molar-refractivity contribution in [1.29, 1.82) is 0 Å². The van der Waals surface area contributed by atoms with E-state index in [9.17, 15) is 18.0 Å². The average Bonchev–Trinajstić information content (AvgIpc) is 3.24. The van der Waals surface area contributed by atoms with Crippen molar-refractivity contribution in [2.75, 3.05) is 11.9 Å². The van der Waals surface area contributed by atoms with E-state index in [0.717, 1.165) is 23.4 Å². The van der Waals surface area contributed by atoms with Crippen LogP contribution in [0, 0.1) is 0 Å². The van der Waals surface area contributed by atoms with Gasteiger partial charge in [-0.1, -0.05) is 0 Å². The van der Waals surface area contributed by atoms with Gasteiger partial charge in [-0.3, -0.25) is 4.79 Å². The van der Waals surface area contributed by atoms with E-state index in [0.29, 0.717) is 18.7 Å². The number of rotatable bonds is 4. The van der Waals surface area contributed by atoms with E-state index >= 15 is 0 Å². The third kappa shape index (κ3) is 4.35. The molecule has 0 spiro atoms. The monoisotopic (exact) mass is 390 g/mol. The first-order valence-corrected chi connectivity index (χ1v) is 7.76. The first kappa shape index (κ1) is 20.2. The highest BCUT2D eigenvalue weighted by molar-refractivity contribution is 5.94. The lowest BCUT2D eigenvalue weighted by Crippen LogP contribution is -2.29. The second kappa shape index (κ2) is 8.07. The van der Waals surface area contributed by atoms with Gasteiger partial charge >= 0.3 is 6.18 Å². The molecule has 1 fully saturated rings. The lowest BCUT2D eigenvalue weighted by atomic mass is 10.2. The molecule has 10 heteroatoms. The summed E-state index contributed by atoms with van der Waals surface area (Å²) in [6.07, 6.45) is -2.76. The predicted molar refractivity (Wildman–Crippen MR) is 91.4 cm³/mol. The Morgan fingerprint density at radius 1 is 1.27 bits per heavy atom. The number of aromatic nitrogens is 2. The molecule has 3 rings (SSSR count). The van der Waals surface area contributed by atoms with Gasteiger partial charge in [-0.15, -0.1) is 12.4 Å². The van der Waals surface area contributed by atoms with Crippen LogP contribution in [-0.4, -0.2) is 34.4 Å². The summed E-state index contributed by atoms with van der Waals surface area (Å²) in [6, 6.07) is 6.85. The van der Waals surface area contributed by atoms with Gasteiger partial charge in [0.25, 0.3) is 5.91 Å². The molecule has 1 aromatic carbocycles. The molecule has 2 atom stereocenters. The normalized spacial score (nSPS) is 19.8. The van der Waals surface area contributed by atoms with E-state index in [-0.39, 0.29) is 30.1 Å². The minimum absolute atomic E-state index is 0. The fraction of sp³-hybridized carbons (Fsp3) is 0.375. The zero-order valence-corrected chi connectivity index (χ0v) is 14.4. The van der Waals surface area contributed by atoms with Crippen LogP contribution in [0.25, 0.3) is 5.69 Å². The Bertz CT molecular complexity index is 749. The molecule has 1 amide bonds. The molecule has 1 aliphatic heterocycles. The molecule has 1 aromatic heterocycles. The lowest BCUT2D eigenvalue weighted by molar-refractivity contribution is -0.142. The molecular weight excluding hydrogens is 373 g/mol. The Labute approximate surface area is 153 Å². The maximum atomic E-state index is 12.9. The Hall–Kier alpha value is -2.10. The first-order chi connectivity index (χ1) is 11.9. The van der Waals surface area contributed by atoms with Crippen LogP contribution in [0.4, 0.5) is 18.9 Å². The van der Waals surface area contributed by atoms with Crippen molar-refractivity contribution in [2.24, 2.45) is 5.73 Å². The van der Waals surface area contributed by atoms with Crippen molar-refractivity contribution in [3.63, 3.8) is 0 Å². The Kier molecular flexibility index (Phi) is 6.27. The van der Waals surface area contributed by atoms with Gasteiger partial charge in [0.1, 0.15) is 11.8 Å². The van der Waals surface area contributed by atoms with Gasteiger partial charge in [-0.25, -0.2) is 4.68 Å². The number of hydrogen-bond donors (Lipinski definition) is 2. The van der Waals surface area contributed by atoms with Crippen molar-refractivity contribution in [2.45, 2.75) is 31.2 Å². The van der Waals surface area contributed by atoms with Gasteiger partial charge in [0.05, 0.1) is 18.0 Å². The quantitative estimate of drug-likeness (QED) is 0.841. The zero-order valence-electron chi connectivity index (χ0n) is 13.6. The molecule has 0 unspecified atom stereocenters. The number of nitrogens with two attached hydrogens (primary N) is 1. The number of carbonyl (C=O) groups is 1. The van der Waals surface area contributed by atoms with Gasteiger partial charge in [0.15, 0.2) is 0 Å². The van der Waals surface area contributed by atoms with Crippen molar-refractivity contribution in [3.05, 3.63) is 42.2 Å². The lowest BCUT2D eigenvalue weighted by Gasteiger charge is -2.14. The fourth-order valence-electron chi connectivity index (χ4n) is 2.70. The highest BCUT2D eigenvalue weighted by Gasteiger charge is 2.35. The number of amides is 1. The molecule has 0 aliphatic carbocycles. The second-order valence-electron chi connectivity index (χ2n) is 5.72. The van der Waals surface area contributed by atoms with Crippen LogP contribution in [-0.2, 0) is 15.7 Å². The van der Waals surface area contributed by atoms with Crippen molar-refractivity contribution >= 4 is 24.0 Å². The second-order valence-corrected chi connectivity index (χ2v) is 5.72. The number of carbonyl (C=O) groups excluding carboxylic acids is 1. The molecule has 26 heavy (non-hydrogen) atoms. The van der Waals surface area contributed by atoms with Crippen LogP contribution in [0.5, 0.6) is 0 Å². The van der Waals surface area contributed by atoms with Gasteiger partial charge in [0.2, 0.25) is 0 Å². The van der Waals surface area contributed by atoms with Crippen LogP contribution in [0.15, 0.2) is 36.5 Å². The van der Waals surface area contributed by atoms with Crippen LogP contribution >= 0.6 is 12.4 Å². The number of hydrogen-bond acceptors (Lipinski definition) is 4. The standard InChI is InChI=1S/C16H17F3N4O2.ClH/c17-16(18,19)14-7-8-21-23(14)11-3-1-10(2-4-11)22-15(24)13-6-5-12(9-20)25-13;/h1-4,7-8,12-13H,5-6,9,20H2,(H,22,24);1H/t12-,13+;/m1./s1. The molecule has 0 radical (unpaired) electrons. The maximum absolute atomic E-state index is 12.9. The summed E-state index contributed by atoms with van der Waals surface area (Å²) in [5.74, 6) is -0.293. The van der Waals surface area contributed by atoms with E-state index in [1.165, 1.54) is 24.3 Å². The van der Waals surface area contributed by atoms with Crippen molar-refractivity contribution < 1.29 is 22.7 Å². The van der Waals surface area contributed by atoms with Crippen molar-refractivity contribution in [1.82, 2.24) is 9.78 Å². The third-order valence-electron chi connectivity index (χ3n) is 3.98. The molecule has 1 aliphatic rings. The molecule has 0 saturated carbocycles. The van der Waals surface area contributed by atoms with Crippen molar-refractivity contribution in [3.8, 4) is 5.69 Å². The Balaban J connectivity index is 0.00000243. The molecular formula is C16H18ClF3N4O2. The molecule has 6 nitrogen and oxygen atoms in total. The number of ether oxygens (including phenoxy) is 1. The predicted octanol–water partition coefficient (Wildman–Crippen LogP) is 2.76. The van der Waals surface area contributed by atoms with Crippen LogP contribution in [0.3, 0.4) is 0 Å². The highest BCUT2D eigenvalue weighted by Crippen LogP contribution is 2.30. The molecule has 2 heterocycles. The number of benzene rings is 1. The van der Waals surface area contributed by atoms with Crippen LogP contribution in [0.1, 0.15) is 18.5 Å². The van der Waals surface area contributed by atoms with Gasteiger partial charge in [-0.05, 0) is 43.2 Å². The smallest absolute Gasteiger partial charge is 0.364 e. The molecule has 0 bridgehead atoms. The van der Waals surface area contributed by atoms with Crippen LogP contribution < -0.4 is 11.1 Å². The van der Waals surface area contributed by atoms with E-state index in [2.05, 4.69) is 10.4 Å². The summed E-state index contributed by atoms with van der Waals surface area (Å²) >= 11 is 0. The number of halogens is 4. The third-order valence-corrected chi connectivity index (χ3v) is 3.98. The average molecular weight is 391 g/mol. The Morgan fingerprint density at radius 3 is 2.54 bits per heavy atom. The van der Waals surface area contributed by atoms with E-state index < -0.39 is 18.0 Å². The summed E-state index contributed by atoms with van der Waals surface area (Å²) in [5.41, 5.74) is 5.36. The van der Waals surface area contributed by atoms with Crippen LogP contribution in [0.2, 0.25) is 0 Å². The first-order valence-electron chi connectivity index (χ1n) is 7.76. The minimum atomic E-state index is -4.50. The SMILES string of the molecule is Cl.NC[C@H]1CC[C@@H](C(=O)Nc2ccc(-n3nccc3C(F)(F)F)cc2)O1. The van der Waals surface area contributed by atoms with E-state index in [1.54, 1.807) is 0 Å². The summed E-state index contributed by atoms with van der Waals surface area (Å²) in [4.78, 5) is 12.1. The number of anilines is 1. The summed E-state index contributed by atoms with van der Waals surface area (Å²) in [6.45, 7) is 0.365. The molecule has 2 aromatic rings. The fourth-order valence-corrected chi connectivity index (χ4v) is 2.70. The number of nitrogens with one attached hydrogen (secondary N) is 1. The molecule has 3 N–H and O–H groups in total. The molecule has 1 saturated heterocycles. The topological polar surface area (TPSA) is 82.2 Å². The summed E-state index contributed by atoms with van der Waals surface area (Å²) < 4.78 is 45.0. The largest absolute Gasteiger partial charge is 0.433 e. The van der Waals surface area contributed by atoms with Gasteiger partial charge in [0, 0.05) is 12.2 Å². The minimum Gasteiger partial charge on any atom is -0.364 e. The highest BCUT2D eigenvalue weighted by atomic mass is 35.5. The number of alkyl halides is 3. The van der Waals surface area contributed by atoms with Gasteiger partial charge < -0.3 is 15.8 Å². The van der Waals surface area contributed by atoms with E-state index in [1.807, 2.05) is 0 Å². The molecule has 142 valence electrons. The summed E-state index contributed by atoms with van der Waals surface area (Å²) in [5, 5.41) is 6.39. The van der Waals surface area contributed by atoms with E-state index in [4.69, 9.17) is 10.5 Å². The van der Waals surface area contributed by atoms with Gasteiger partial charge in [-0.2, -0.15) is 18.3 Å².